The SMILES string of the molecule is CCCS(=O)(=O)NCC(O)c1ccc(C)cc1C. The predicted octanol–water partition coefficient (Wildman–Crippen LogP) is 1.67. The number of aliphatic hydroxyl groups excluding tert-OH is 1. The molecule has 4 nitrogen and oxygen atoms in total. The van der Waals surface area contributed by atoms with Gasteiger partial charge in [0.15, 0.2) is 0 Å². The molecule has 0 saturated heterocycles. The fourth-order valence-electron chi connectivity index (χ4n) is 1.86. The molecule has 18 heavy (non-hydrogen) atoms. The lowest BCUT2D eigenvalue weighted by Gasteiger charge is -2.15. The van der Waals surface area contributed by atoms with Gasteiger partial charge >= 0.3 is 0 Å². The number of rotatable bonds is 6. The number of sulfonamides is 1. The van der Waals surface area contributed by atoms with Gasteiger partial charge in [-0.2, -0.15) is 0 Å². The second-order valence-electron chi connectivity index (χ2n) is 4.54. The van der Waals surface area contributed by atoms with Crippen molar-refractivity contribution in [2.45, 2.75) is 33.3 Å². The van der Waals surface area contributed by atoms with E-state index in [2.05, 4.69) is 4.72 Å². The van der Waals surface area contributed by atoms with E-state index in [9.17, 15) is 13.5 Å². The first kappa shape index (κ1) is 15.1. The minimum Gasteiger partial charge on any atom is -0.387 e. The van der Waals surface area contributed by atoms with E-state index in [0.29, 0.717) is 6.42 Å². The summed E-state index contributed by atoms with van der Waals surface area (Å²) in [5.41, 5.74) is 2.85. The highest BCUT2D eigenvalue weighted by molar-refractivity contribution is 7.89. The number of nitrogens with one attached hydrogen (secondary N) is 1. The van der Waals surface area contributed by atoms with Crippen molar-refractivity contribution in [2.75, 3.05) is 12.3 Å². The molecular weight excluding hydrogens is 250 g/mol. The van der Waals surface area contributed by atoms with E-state index in [1.807, 2.05) is 32.0 Å². The summed E-state index contributed by atoms with van der Waals surface area (Å²) in [7, 11) is -3.27. The van der Waals surface area contributed by atoms with Crippen LogP contribution in [0.3, 0.4) is 0 Å². The Morgan fingerprint density at radius 2 is 2.00 bits per heavy atom. The van der Waals surface area contributed by atoms with Crippen LogP contribution in [-0.2, 0) is 10.0 Å². The second-order valence-corrected chi connectivity index (χ2v) is 6.47. The van der Waals surface area contributed by atoms with Crippen molar-refractivity contribution >= 4 is 10.0 Å². The van der Waals surface area contributed by atoms with Gasteiger partial charge in [-0.05, 0) is 31.4 Å². The van der Waals surface area contributed by atoms with Crippen molar-refractivity contribution in [3.8, 4) is 0 Å². The van der Waals surface area contributed by atoms with Crippen molar-refractivity contribution in [1.82, 2.24) is 4.72 Å². The Bertz CT molecular complexity index is 497. The van der Waals surface area contributed by atoms with Crippen molar-refractivity contribution in [3.63, 3.8) is 0 Å². The van der Waals surface area contributed by atoms with Gasteiger partial charge in [-0.15, -0.1) is 0 Å². The van der Waals surface area contributed by atoms with Gasteiger partial charge in [-0.25, -0.2) is 13.1 Å². The van der Waals surface area contributed by atoms with Crippen LogP contribution in [0.1, 0.15) is 36.1 Å². The largest absolute Gasteiger partial charge is 0.387 e. The lowest BCUT2D eigenvalue weighted by molar-refractivity contribution is 0.181. The van der Waals surface area contributed by atoms with E-state index in [1.54, 1.807) is 6.92 Å². The summed E-state index contributed by atoms with van der Waals surface area (Å²) < 4.78 is 25.4. The molecule has 1 aromatic carbocycles. The molecular formula is C13H21NO3S. The molecule has 1 unspecified atom stereocenters. The van der Waals surface area contributed by atoms with E-state index in [0.717, 1.165) is 16.7 Å². The molecule has 0 radical (unpaired) electrons. The predicted molar refractivity (Wildman–Crippen MR) is 73.0 cm³/mol. The lowest BCUT2D eigenvalue weighted by atomic mass is 10.0. The molecule has 2 N–H and O–H groups in total. The minimum atomic E-state index is -3.27. The molecule has 1 aromatic rings. The minimum absolute atomic E-state index is 0.0201. The van der Waals surface area contributed by atoms with Gasteiger partial charge in [0.2, 0.25) is 10.0 Å². The molecule has 0 heterocycles. The maximum Gasteiger partial charge on any atom is 0.211 e. The highest BCUT2D eigenvalue weighted by Gasteiger charge is 2.14. The van der Waals surface area contributed by atoms with Crippen LogP contribution in [0, 0.1) is 13.8 Å². The van der Waals surface area contributed by atoms with Crippen LogP contribution in [0.2, 0.25) is 0 Å². The Morgan fingerprint density at radius 3 is 2.56 bits per heavy atom. The quantitative estimate of drug-likeness (QED) is 0.827. The third-order valence-corrected chi connectivity index (χ3v) is 4.31. The van der Waals surface area contributed by atoms with Crippen molar-refractivity contribution < 1.29 is 13.5 Å². The first-order chi connectivity index (χ1) is 8.35. The molecule has 0 aromatic heterocycles. The molecule has 5 heteroatoms. The summed E-state index contributed by atoms with van der Waals surface area (Å²) >= 11 is 0. The molecule has 0 bridgehead atoms. The van der Waals surface area contributed by atoms with Gasteiger partial charge in [-0.1, -0.05) is 30.7 Å². The smallest absolute Gasteiger partial charge is 0.211 e. The first-order valence-corrected chi connectivity index (χ1v) is 7.73. The second kappa shape index (κ2) is 6.31. The van der Waals surface area contributed by atoms with Crippen LogP contribution in [0.4, 0.5) is 0 Å². The van der Waals surface area contributed by atoms with E-state index in [-0.39, 0.29) is 12.3 Å². The van der Waals surface area contributed by atoms with Crippen molar-refractivity contribution in [1.29, 1.82) is 0 Å². The highest BCUT2D eigenvalue weighted by Crippen LogP contribution is 2.18. The van der Waals surface area contributed by atoms with Crippen molar-refractivity contribution in [2.24, 2.45) is 0 Å². The van der Waals surface area contributed by atoms with E-state index in [1.165, 1.54) is 0 Å². The van der Waals surface area contributed by atoms with Crippen molar-refractivity contribution in [3.05, 3.63) is 34.9 Å². The molecule has 0 aliphatic rings. The molecule has 0 amide bonds. The topological polar surface area (TPSA) is 66.4 Å². The number of benzene rings is 1. The number of aliphatic hydroxyl groups is 1. The normalized spacial score (nSPS) is 13.6. The molecule has 0 saturated carbocycles. The monoisotopic (exact) mass is 271 g/mol. The zero-order valence-electron chi connectivity index (χ0n) is 11.1. The van der Waals surface area contributed by atoms with Gasteiger partial charge in [0.25, 0.3) is 0 Å². The van der Waals surface area contributed by atoms with Gasteiger partial charge < -0.3 is 5.11 Å². The van der Waals surface area contributed by atoms with Gasteiger partial charge in [0.1, 0.15) is 0 Å². The van der Waals surface area contributed by atoms with Crippen LogP contribution in [0.5, 0.6) is 0 Å². The Balaban J connectivity index is 2.69. The Labute approximate surface area is 109 Å². The fraction of sp³-hybridized carbons (Fsp3) is 0.538. The van der Waals surface area contributed by atoms with Crippen LogP contribution in [0.15, 0.2) is 18.2 Å². The van der Waals surface area contributed by atoms with Gasteiger partial charge in [0, 0.05) is 6.54 Å². The summed E-state index contributed by atoms with van der Waals surface area (Å²) in [5.74, 6) is 0.0899. The maximum absolute atomic E-state index is 11.5. The van der Waals surface area contributed by atoms with Crippen LogP contribution in [-0.4, -0.2) is 25.8 Å². The average molecular weight is 271 g/mol. The third-order valence-electron chi connectivity index (χ3n) is 2.75. The average Bonchev–Trinajstić information content (AvgIpc) is 2.26. The molecule has 0 aliphatic heterocycles. The zero-order chi connectivity index (χ0) is 13.8. The Kier molecular flexibility index (Phi) is 5.31. The Hall–Kier alpha value is -0.910. The molecule has 1 rings (SSSR count). The Morgan fingerprint density at radius 1 is 1.33 bits per heavy atom. The zero-order valence-corrected chi connectivity index (χ0v) is 11.9. The summed E-state index contributed by atoms with van der Waals surface area (Å²) in [6.07, 6.45) is -0.244. The van der Waals surface area contributed by atoms with Gasteiger partial charge in [-0.3, -0.25) is 0 Å². The third kappa shape index (κ3) is 4.40. The molecule has 0 spiro atoms. The fourth-order valence-corrected chi connectivity index (χ4v) is 2.95. The van der Waals surface area contributed by atoms with E-state index in [4.69, 9.17) is 0 Å². The maximum atomic E-state index is 11.5. The lowest BCUT2D eigenvalue weighted by Crippen LogP contribution is -2.30. The molecule has 0 aliphatic carbocycles. The summed E-state index contributed by atoms with van der Waals surface area (Å²) in [6, 6.07) is 5.72. The number of hydrogen-bond donors (Lipinski definition) is 2. The van der Waals surface area contributed by atoms with E-state index < -0.39 is 16.1 Å². The standard InChI is InChI=1S/C13H21NO3S/c1-4-7-18(16,17)14-9-13(15)12-6-5-10(2)8-11(12)3/h5-6,8,13-15H,4,7,9H2,1-3H3. The summed E-state index contributed by atoms with van der Waals surface area (Å²) in [5, 5.41) is 10.00. The summed E-state index contributed by atoms with van der Waals surface area (Å²) in [4.78, 5) is 0. The number of hydrogen-bond acceptors (Lipinski definition) is 3. The van der Waals surface area contributed by atoms with Crippen LogP contribution < -0.4 is 4.72 Å². The highest BCUT2D eigenvalue weighted by atomic mass is 32.2. The first-order valence-electron chi connectivity index (χ1n) is 6.08. The van der Waals surface area contributed by atoms with Crippen LogP contribution >= 0.6 is 0 Å². The molecule has 1 atom stereocenters. The summed E-state index contributed by atoms with van der Waals surface area (Å²) in [6.45, 7) is 5.71. The van der Waals surface area contributed by atoms with Crippen LogP contribution in [0.25, 0.3) is 0 Å². The number of aryl methyl sites for hydroxylation is 2. The molecule has 102 valence electrons. The molecule has 0 fully saturated rings. The van der Waals surface area contributed by atoms with Gasteiger partial charge in [0.05, 0.1) is 11.9 Å². The van der Waals surface area contributed by atoms with E-state index >= 15 is 0 Å².